The van der Waals surface area contributed by atoms with Gasteiger partial charge in [-0.15, -0.1) is 0 Å². The summed E-state index contributed by atoms with van der Waals surface area (Å²) >= 11 is 6.02. The Labute approximate surface area is 119 Å². The van der Waals surface area contributed by atoms with Crippen molar-refractivity contribution in [2.24, 2.45) is 0 Å². The van der Waals surface area contributed by atoms with Crippen LogP contribution in [0.25, 0.3) is 0 Å². The fourth-order valence-corrected chi connectivity index (χ4v) is 2.31. The molecule has 0 aliphatic carbocycles. The van der Waals surface area contributed by atoms with E-state index >= 15 is 0 Å². The summed E-state index contributed by atoms with van der Waals surface area (Å²) in [7, 11) is 0. The van der Waals surface area contributed by atoms with Gasteiger partial charge in [0.2, 0.25) is 0 Å². The zero-order chi connectivity index (χ0) is 13.7. The molecule has 0 spiro atoms. The molecule has 1 atom stereocenters. The lowest BCUT2D eigenvalue weighted by Crippen LogP contribution is -2.24. The lowest BCUT2D eigenvalue weighted by atomic mass is 9.99. The Morgan fingerprint density at radius 2 is 2.16 bits per heavy atom. The first kappa shape index (κ1) is 14.0. The summed E-state index contributed by atoms with van der Waals surface area (Å²) in [6.45, 7) is 5.15. The molecule has 2 aromatic rings. The van der Waals surface area contributed by atoms with Crippen LogP contribution in [0.15, 0.2) is 36.8 Å². The second-order valence-electron chi connectivity index (χ2n) is 4.52. The van der Waals surface area contributed by atoms with Gasteiger partial charge in [0.05, 0.1) is 17.9 Å². The molecule has 0 aliphatic heterocycles. The van der Waals surface area contributed by atoms with E-state index in [2.05, 4.69) is 35.2 Å². The zero-order valence-electron chi connectivity index (χ0n) is 11.2. The van der Waals surface area contributed by atoms with Gasteiger partial charge in [-0.3, -0.25) is 9.97 Å². The Hall–Kier alpha value is -1.45. The zero-order valence-corrected chi connectivity index (χ0v) is 12.0. The quantitative estimate of drug-likeness (QED) is 0.907. The van der Waals surface area contributed by atoms with E-state index in [4.69, 9.17) is 11.6 Å². The van der Waals surface area contributed by atoms with Gasteiger partial charge in [-0.1, -0.05) is 24.6 Å². The van der Waals surface area contributed by atoms with Crippen molar-refractivity contribution in [3.05, 3.63) is 58.6 Å². The minimum absolute atomic E-state index is 0.0610. The fraction of sp³-hybridized carbons (Fsp3) is 0.333. The van der Waals surface area contributed by atoms with E-state index < -0.39 is 0 Å². The van der Waals surface area contributed by atoms with Crippen LogP contribution in [0.2, 0.25) is 5.02 Å². The van der Waals surface area contributed by atoms with Crippen molar-refractivity contribution in [2.45, 2.75) is 26.3 Å². The smallest absolute Gasteiger partial charge is 0.0801 e. The van der Waals surface area contributed by atoms with Gasteiger partial charge in [-0.05, 0) is 43.1 Å². The maximum absolute atomic E-state index is 6.02. The first-order valence-electron chi connectivity index (χ1n) is 6.47. The van der Waals surface area contributed by atoms with Crippen molar-refractivity contribution in [2.75, 3.05) is 6.54 Å². The molecule has 0 amide bonds. The van der Waals surface area contributed by atoms with E-state index in [0.717, 1.165) is 29.2 Å². The average Bonchev–Trinajstić information content (AvgIpc) is 2.42. The second kappa shape index (κ2) is 6.64. The molecule has 0 saturated carbocycles. The standard InChI is InChI=1S/C15H18ClN3/c1-3-6-19-15(14-10-17-7-8-18-14)13-5-4-12(16)9-11(13)2/h4-5,7-10,15,19H,3,6H2,1-2H3. The van der Waals surface area contributed by atoms with Crippen LogP contribution >= 0.6 is 11.6 Å². The molecule has 4 heteroatoms. The van der Waals surface area contributed by atoms with Crippen LogP contribution in [0.1, 0.15) is 36.2 Å². The van der Waals surface area contributed by atoms with Crippen molar-refractivity contribution in [3.8, 4) is 0 Å². The Morgan fingerprint density at radius 3 is 2.79 bits per heavy atom. The van der Waals surface area contributed by atoms with E-state index in [1.807, 2.05) is 12.1 Å². The molecule has 1 heterocycles. The van der Waals surface area contributed by atoms with Gasteiger partial charge in [0.1, 0.15) is 0 Å². The topological polar surface area (TPSA) is 37.8 Å². The summed E-state index contributed by atoms with van der Waals surface area (Å²) in [6, 6.07) is 6.01. The Morgan fingerprint density at radius 1 is 1.32 bits per heavy atom. The number of aryl methyl sites for hydroxylation is 1. The number of hydrogen-bond acceptors (Lipinski definition) is 3. The molecule has 1 aromatic heterocycles. The lowest BCUT2D eigenvalue weighted by molar-refractivity contribution is 0.582. The molecule has 19 heavy (non-hydrogen) atoms. The molecule has 1 aromatic carbocycles. The van der Waals surface area contributed by atoms with Crippen LogP contribution in [0, 0.1) is 6.92 Å². The lowest BCUT2D eigenvalue weighted by Gasteiger charge is -2.20. The minimum Gasteiger partial charge on any atom is -0.305 e. The molecular weight excluding hydrogens is 258 g/mol. The highest BCUT2D eigenvalue weighted by atomic mass is 35.5. The van der Waals surface area contributed by atoms with Gasteiger partial charge in [0.15, 0.2) is 0 Å². The fourth-order valence-electron chi connectivity index (χ4n) is 2.09. The SMILES string of the molecule is CCCNC(c1cnccn1)c1ccc(Cl)cc1C. The Balaban J connectivity index is 2.37. The van der Waals surface area contributed by atoms with Crippen LogP contribution < -0.4 is 5.32 Å². The Bertz CT molecular complexity index is 528. The number of nitrogens with zero attached hydrogens (tertiary/aromatic N) is 2. The molecular formula is C15H18ClN3. The molecule has 1 unspecified atom stereocenters. The molecule has 100 valence electrons. The van der Waals surface area contributed by atoms with Crippen LogP contribution in [-0.2, 0) is 0 Å². The summed E-state index contributed by atoms with van der Waals surface area (Å²) < 4.78 is 0. The summed E-state index contributed by atoms with van der Waals surface area (Å²) in [5, 5.41) is 4.28. The van der Waals surface area contributed by atoms with Crippen LogP contribution in [-0.4, -0.2) is 16.5 Å². The largest absolute Gasteiger partial charge is 0.305 e. The molecule has 0 bridgehead atoms. The summed E-state index contributed by atoms with van der Waals surface area (Å²) in [5.74, 6) is 0. The first-order valence-corrected chi connectivity index (χ1v) is 6.85. The minimum atomic E-state index is 0.0610. The highest BCUT2D eigenvalue weighted by Crippen LogP contribution is 2.25. The summed E-state index contributed by atoms with van der Waals surface area (Å²) in [4.78, 5) is 8.57. The normalized spacial score (nSPS) is 12.4. The van der Waals surface area contributed by atoms with E-state index in [-0.39, 0.29) is 6.04 Å². The maximum Gasteiger partial charge on any atom is 0.0801 e. The number of aromatic nitrogens is 2. The Kier molecular flexibility index (Phi) is 4.88. The number of nitrogens with one attached hydrogen (secondary N) is 1. The first-order chi connectivity index (χ1) is 9.22. The van der Waals surface area contributed by atoms with Gasteiger partial charge in [-0.2, -0.15) is 0 Å². The van der Waals surface area contributed by atoms with Crippen LogP contribution in [0.5, 0.6) is 0 Å². The summed E-state index contributed by atoms with van der Waals surface area (Å²) in [6.07, 6.45) is 6.29. The number of hydrogen-bond donors (Lipinski definition) is 1. The van der Waals surface area contributed by atoms with Crippen LogP contribution in [0.4, 0.5) is 0 Å². The van der Waals surface area contributed by atoms with Gasteiger partial charge in [0, 0.05) is 17.4 Å². The van der Waals surface area contributed by atoms with Gasteiger partial charge in [-0.25, -0.2) is 0 Å². The van der Waals surface area contributed by atoms with Crippen molar-refractivity contribution < 1.29 is 0 Å². The predicted molar refractivity (Wildman–Crippen MR) is 78.4 cm³/mol. The number of halogens is 1. The van der Waals surface area contributed by atoms with Crippen molar-refractivity contribution in [1.82, 2.24) is 15.3 Å². The highest BCUT2D eigenvalue weighted by molar-refractivity contribution is 6.30. The molecule has 3 nitrogen and oxygen atoms in total. The molecule has 0 fully saturated rings. The third kappa shape index (κ3) is 3.52. The third-order valence-corrected chi connectivity index (χ3v) is 3.26. The highest BCUT2D eigenvalue weighted by Gasteiger charge is 2.16. The summed E-state index contributed by atoms with van der Waals surface area (Å²) in [5.41, 5.74) is 3.28. The van der Waals surface area contributed by atoms with E-state index in [1.165, 1.54) is 5.56 Å². The van der Waals surface area contributed by atoms with Gasteiger partial charge >= 0.3 is 0 Å². The maximum atomic E-state index is 6.02. The molecule has 0 aliphatic rings. The monoisotopic (exact) mass is 275 g/mol. The molecule has 2 rings (SSSR count). The van der Waals surface area contributed by atoms with Crippen molar-refractivity contribution in [3.63, 3.8) is 0 Å². The van der Waals surface area contributed by atoms with E-state index in [9.17, 15) is 0 Å². The van der Waals surface area contributed by atoms with E-state index in [0.29, 0.717) is 0 Å². The van der Waals surface area contributed by atoms with Gasteiger partial charge < -0.3 is 5.32 Å². The number of benzene rings is 1. The van der Waals surface area contributed by atoms with Gasteiger partial charge in [0.25, 0.3) is 0 Å². The van der Waals surface area contributed by atoms with Crippen LogP contribution in [0.3, 0.4) is 0 Å². The predicted octanol–water partition coefficient (Wildman–Crippen LogP) is 3.53. The van der Waals surface area contributed by atoms with Crippen molar-refractivity contribution in [1.29, 1.82) is 0 Å². The molecule has 1 N–H and O–H groups in total. The second-order valence-corrected chi connectivity index (χ2v) is 4.95. The molecule has 0 saturated heterocycles. The average molecular weight is 276 g/mol. The van der Waals surface area contributed by atoms with E-state index in [1.54, 1.807) is 18.6 Å². The third-order valence-electron chi connectivity index (χ3n) is 3.02. The van der Waals surface area contributed by atoms with Crippen molar-refractivity contribution >= 4 is 11.6 Å². The number of rotatable bonds is 5. The molecule has 0 radical (unpaired) electrons.